The number of rotatable bonds is 4. The fraction of sp³-hybridized carbons (Fsp3) is 0.263. The van der Waals surface area contributed by atoms with Crippen molar-refractivity contribution < 1.29 is 216 Å². The van der Waals surface area contributed by atoms with Gasteiger partial charge in [-0.25, -0.2) is 4.39 Å². The Hall–Kier alpha value is 4.35. The molecule has 2 aliphatic rings. The zero-order valence-electron chi connectivity index (χ0n) is 17.5. The second-order valence-corrected chi connectivity index (χ2v) is 5.96. The first-order valence-corrected chi connectivity index (χ1v) is 7.98. The molecule has 2 aromatic carbocycles. The van der Waals surface area contributed by atoms with Crippen molar-refractivity contribution in [3.8, 4) is 17.2 Å². The molecule has 2 heterocycles. The Morgan fingerprint density at radius 2 is 1.67 bits per heavy atom. The average molecular weight is 862 g/mol. The fourth-order valence-electron chi connectivity index (χ4n) is 3.15. The molecule has 0 aromatic heterocycles. The molecule has 0 unspecified atom stereocenters. The quantitative estimate of drug-likeness (QED) is 0.478. The van der Waals surface area contributed by atoms with E-state index in [1.54, 1.807) is 18.2 Å². The summed E-state index contributed by atoms with van der Waals surface area (Å²) in [5, 5.41) is 3.37. The van der Waals surface area contributed by atoms with Crippen molar-refractivity contribution in [1.82, 2.24) is 5.32 Å². The topological polar surface area (TPSA) is 39.7 Å². The minimum Gasteiger partial charge on any atom is -0.662 e. The van der Waals surface area contributed by atoms with E-state index in [-0.39, 0.29) is 221 Å². The van der Waals surface area contributed by atoms with Gasteiger partial charge in [0, 0.05) is 209 Å². The number of ether oxygens (including phenoxy) is 3. The first-order valence-electron chi connectivity index (χ1n) is 8.48. The first kappa shape index (κ1) is 36.5. The van der Waals surface area contributed by atoms with Crippen LogP contribution in [0.4, 0.5) is 4.39 Å². The Morgan fingerprint density at radius 1 is 1.00 bits per heavy atom. The van der Waals surface area contributed by atoms with E-state index in [4.69, 9.17) is 15.6 Å². The van der Waals surface area contributed by atoms with Crippen molar-refractivity contribution in [2.24, 2.45) is 5.92 Å². The van der Waals surface area contributed by atoms with Gasteiger partial charge in [-0.05, 0) is 55.3 Å². The summed E-state index contributed by atoms with van der Waals surface area (Å²) >= 11 is 0. The van der Waals surface area contributed by atoms with Gasteiger partial charge in [0.25, 0.3) is 0 Å². The van der Waals surface area contributed by atoms with E-state index in [1.807, 2.05) is 18.7 Å². The minimum atomic E-state index is -0.232. The molecule has 11 heteroatoms. The van der Waals surface area contributed by atoms with Gasteiger partial charge in [-0.1, -0.05) is 12.1 Å². The molecule has 1 N–H and O–H groups in total. The number of benzene rings is 2. The molecular formula is C19H18FNO3Y6-2. The second kappa shape index (κ2) is 20.4. The summed E-state index contributed by atoms with van der Waals surface area (Å²) in [4.78, 5) is 0. The number of piperidine rings is 1. The Morgan fingerprint density at radius 3 is 2.37 bits per heavy atom. The summed E-state index contributed by atoms with van der Waals surface area (Å²) in [7, 11) is 0. The normalized spacial score (nSPS) is 19.0. The van der Waals surface area contributed by atoms with Gasteiger partial charge in [0.05, 0.1) is 5.75 Å². The van der Waals surface area contributed by atoms with Crippen molar-refractivity contribution >= 4 is 0 Å². The summed E-state index contributed by atoms with van der Waals surface area (Å²) in [5.74, 6) is 1.85. The molecule has 6 radical (unpaired) electrons. The van der Waals surface area contributed by atoms with Crippen LogP contribution in [0.5, 0.6) is 17.2 Å². The van der Waals surface area contributed by atoms with Crippen molar-refractivity contribution in [3.63, 3.8) is 0 Å². The van der Waals surface area contributed by atoms with Crippen LogP contribution in [0.15, 0.2) is 42.5 Å². The summed E-state index contributed by atoms with van der Waals surface area (Å²) in [5.41, 5.74) is 1.12. The molecule has 0 spiro atoms. The van der Waals surface area contributed by atoms with Crippen molar-refractivity contribution in [1.29, 1.82) is 0 Å². The molecule has 0 bridgehead atoms. The monoisotopic (exact) mass is 862 g/mol. The van der Waals surface area contributed by atoms with Gasteiger partial charge in [-0.15, -0.1) is 7.29 Å². The maximum atomic E-state index is 13.2. The zero-order valence-corrected chi connectivity index (χ0v) is 33.5. The Bertz CT molecular complexity index is 762. The van der Waals surface area contributed by atoms with Gasteiger partial charge in [0.15, 0.2) is 0 Å². The van der Waals surface area contributed by atoms with Gasteiger partial charge in [-0.3, -0.25) is 0 Å². The van der Waals surface area contributed by atoms with Crippen LogP contribution in [-0.2, 0) is 196 Å². The molecule has 4 nitrogen and oxygen atoms in total. The van der Waals surface area contributed by atoms with E-state index in [0.717, 1.165) is 25.1 Å². The second-order valence-electron chi connectivity index (χ2n) is 5.96. The summed E-state index contributed by atoms with van der Waals surface area (Å²) < 4.78 is 36.6. The van der Waals surface area contributed by atoms with Crippen LogP contribution in [0.2, 0.25) is 0 Å². The largest absolute Gasteiger partial charge is 0.662 e. The standard InChI is InChI=1S/C19H18FNO3.6Y/c20-15-3-1-13(2-4-15)17-7-8-21-10-14(17)11-22-16-5-6-18-19(9-16)24-12-23-18;;;;;;/h1-6,9,11-12,14,17,21H,7-8,10H2;;;;;;/q-2;;;;;;/t14-,17-;;;;;;/m0....../s1/i12D;;;;;;. The number of hydrogen-bond donors (Lipinski definition) is 1. The van der Waals surface area contributed by atoms with Gasteiger partial charge in [0.2, 0.25) is 0 Å². The molecule has 2 aromatic rings. The summed E-state index contributed by atoms with van der Waals surface area (Å²) in [6.45, 7) is 3.32. The molecule has 0 saturated carbocycles. The molecule has 4 rings (SSSR count). The maximum Gasteiger partial charge on any atom is 0.132 e. The molecule has 2 aliphatic heterocycles. The number of nitrogens with one attached hydrogen (secondary N) is 1. The van der Waals surface area contributed by atoms with Gasteiger partial charge >= 0.3 is 0 Å². The van der Waals surface area contributed by atoms with E-state index in [2.05, 4.69) is 5.32 Å². The number of fused-ring (bicyclic) bond motifs is 1. The van der Waals surface area contributed by atoms with Gasteiger partial charge in [-0.2, -0.15) is 6.61 Å². The molecule has 1 saturated heterocycles. The zero-order chi connectivity index (χ0) is 17.2. The molecule has 30 heavy (non-hydrogen) atoms. The fourth-order valence-corrected chi connectivity index (χ4v) is 3.15. The predicted molar refractivity (Wildman–Crippen MR) is 87.0 cm³/mol. The van der Waals surface area contributed by atoms with Crippen LogP contribution < -0.4 is 19.5 Å². The van der Waals surface area contributed by atoms with E-state index >= 15 is 0 Å². The van der Waals surface area contributed by atoms with E-state index < -0.39 is 0 Å². The van der Waals surface area contributed by atoms with Crippen LogP contribution in [0.1, 0.15) is 19.3 Å². The maximum absolute atomic E-state index is 13.2. The molecule has 1 fully saturated rings. The SMILES string of the molecule is [2H][C-]1Oc2ccc(O[CH-][C@@H]3CNCC[C@H]3c3ccc(F)cc3)cc2O1.[Y].[Y].[Y].[Y].[Y].[Y]. The third kappa shape index (κ3) is 11.2. The molecular weight excluding hydrogens is 843 g/mol. The van der Waals surface area contributed by atoms with Crippen LogP contribution in [0.3, 0.4) is 0 Å². The minimum absolute atomic E-state index is 0. The van der Waals surface area contributed by atoms with Crippen molar-refractivity contribution in [2.75, 3.05) is 13.1 Å². The van der Waals surface area contributed by atoms with Crippen LogP contribution in [0.25, 0.3) is 0 Å². The van der Waals surface area contributed by atoms with Crippen molar-refractivity contribution in [3.05, 3.63) is 67.2 Å². The summed E-state index contributed by atoms with van der Waals surface area (Å²) in [6, 6.07) is 11.9. The molecule has 0 aliphatic carbocycles. The first-order chi connectivity index (χ1) is 12.2. The van der Waals surface area contributed by atoms with Gasteiger partial charge < -0.3 is 19.5 Å². The van der Waals surface area contributed by atoms with Crippen LogP contribution in [-0.4, -0.2) is 13.1 Å². The summed E-state index contributed by atoms with van der Waals surface area (Å²) in [6.07, 6.45) is 0.967. The molecule has 0 amide bonds. The smallest absolute Gasteiger partial charge is 0.132 e. The number of hydrogen-bond acceptors (Lipinski definition) is 4. The molecule has 144 valence electrons. The third-order valence-corrected chi connectivity index (χ3v) is 4.42. The van der Waals surface area contributed by atoms with E-state index in [0.29, 0.717) is 17.2 Å². The van der Waals surface area contributed by atoms with Crippen molar-refractivity contribution in [2.45, 2.75) is 12.3 Å². The Kier molecular flexibility index (Phi) is 24.8. The average Bonchev–Trinajstić information content (AvgIpc) is 3.00. The number of halogens is 1. The predicted octanol–water partition coefficient (Wildman–Crippen LogP) is 3.64. The Balaban J connectivity index is -0.00000131. The van der Waals surface area contributed by atoms with E-state index in [9.17, 15) is 4.39 Å². The van der Waals surface area contributed by atoms with E-state index in [1.165, 1.54) is 12.1 Å². The van der Waals surface area contributed by atoms with Gasteiger partial charge in [0.1, 0.15) is 17.3 Å². The third-order valence-electron chi connectivity index (χ3n) is 4.42. The van der Waals surface area contributed by atoms with Crippen LogP contribution >= 0.6 is 0 Å². The molecule has 2 atom stereocenters. The van der Waals surface area contributed by atoms with Crippen LogP contribution in [0, 0.1) is 25.1 Å². The Labute approximate surface area is 330 Å².